The van der Waals surface area contributed by atoms with Crippen molar-refractivity contribution < 1.29 is 13.2 Å². The van der Waals surface area contributed by atoms with Gasteiger partial charge in [0.15, 0.2) is 5.78 Å². The number of fused-ring (bicyclic) bond motifs is 2. The maximum absolute atomic E-state index is 12.3. The summed E-state index contributed by atoms with van der Waals surface area (Å²) < 4.78 is 26.6. The number of rotatable bonds is 4. The van der Waals surface area contributed by atoms with E-state index in [0.717, 1.165) is 12.8 Å². The minimum absolute atomic E-state index is 0.0445. The Balaban J connectivity index is 2.35. The van der Waals surface area contributed by atoms with Gasteiger partial charge < -0.3 is 0 Å². The largest absolute Gasteiger partial charge is 0.298 e. The fraction of sp³-hybridized carbons (Fsp3) is 0.917. The molecule has 0 aromatic rings. The summed E-state index contributed by atoms with van der Waals surface area (Å²) in [4.78, 5) is 12.1. The molecule has 0 spiro atoms. The number of hydrogen-bond acceptors (Lipinski definition) is 3. The third-order valence-corrected chi connectivity index (χ3v) is 7.80. The topological polar surface area (TPSA) is 63.2 Å². The Morgan fingerprint density at radius 2 is 2.06 bits per heavy atom. The molecule has 1 N–H and O–H groups in total. The van der Waals surface area contributed by atoms with Crippen molar-refractivity contribution in [2.45, 2.75) is 38.4 Å². The smallest absolute Gasteiger partial charge is 0.212 e. The van der Waals surface area contributed by atoms with Crippen LogP contribution in [0.1, 0.15) is 33.6 Å². The Bertz CT molecular complexity index is 478. The molecule has 0 heterocycles. The van der Waals surface area contributed by atoms with E-state index >= 15 is 0 Å². The second-order valence-corrected chi connectivity index (χ2v) is 8.71. The SMILES string of the molecule is CCNS(=O)(=O)CC1(C)C2CCC1(C)C(=O)C2Br. The van der Waals surface area contributed by atoms with Gasteiger partial charge in [0.05, 0.1) is 10.6 Å². The maximum Gasteiger partial charge on any atom is 0.212 e. The molecule has 104 valence electrons. The van der Waals surface area contributed by atoms with Gasteiger partial charge in [-0.3, -0.25) is 4.79 Å². The molecule has 2 fully saturated rings. The summed E-state index contributed by atoms with van der Waals surface area (Å²) >= 11 is 3.45. The van der Waals surface area contributed by atoms with E-state index in [2.05, 4.69) is 20.7 Å². The average molecular weight is 338 g/mol. The van der Waals surface area contributed by atoms with E-state index < -0.39 is 20.9 Å². The van der Waals surface area contributed by atoms with Crippen molar-refractivity contribution in [3.63, 3.8) is 0 Å². The molecule has 0 aromatic heterocycles. The fourth-order valence-electron chi connectivity index (χ4n) is 3.75. The van der Waals surface area contributed by atoms with Crippen LogP contribution < -0.4 is 4.72 Å². The van der Waals surface area contributed by atoms with Crippen LogP contribution in [0.4, 0.5) is 0 Å². The monoisotopic (exact) mass is 337 g/mol. The number of carbonyl (C=O) groups is 1. The number of nitrogens with one attached hydrogen (secondary N) is 1. The van der Waals surface area contributed by atoms with Gasteiger partial charge >= 0.3 is 0 Å². The molecule has 2 saturated carbocycles. The first kappa shape index (κ1) is 14.5. The van der Waals surface area contributed by atoms with Gasteiger partial charge in [0.25, 0.3) is 0 Å². The molecule has 4 unspecified atom stereocenters. The van der Waals surface area contributed by atoms with Crippen LogP contribution in [0.25, 0.3) is 0 Å². The number of halogens is 1. The normalized spacial score (nSPS) is 43.7. The molecule has 0 aromatic carbocycles. The van der Waals surface area contributed by atoms with Gasteiger partial charge in [-0.25, -0.2) is 13.1 Å². The standard InChI is InChI=1S/C12H20BrNO3S/c1-4-14-18(16,17)7-12(3)8-5-6-11(12,2)10(15)9(8)13/h8-9,14H,4-7H2,1-3H3. The van der Waals surface area contributed by atoms with Crippen LogP contribution in [0, 0.1) is 16.7 Å². The third kappa shape index (κ3) is 1.79. The first-order valence-electron chi connectivity index (χ1n) is 6.34. The molecule has 6 heteroatoms. The van der Waals surface area contributed by atoms with Gasteiger partial charge in [0, 0.05) is 12.0 Å². The number of hydrogen-bond donors (Lipinski definition) is 1. The molecule has 0 radical (unpaired) electrons. The predicted octanol–water partition coefficient (Wildman–Crippen LogP) is 1.69. The van der Waals surface area contributed by atoms with E-state index in [4.69, 9.17) is 0 Å². The van der Waals surface area contributed by atoms with Crippen LogP contribution in [0.15, 0.2) is 0 Å². The van der Waals surface area contributed by atoms with Crippen LogP contribution >= 0.6 is 15.9 Å². The Labute approximate surface area is 117 Å². The van der Waals surface area contributed by atoms with E-state index in [-0.39, 0.29) is 22.3 Å². The molecule has 2 rings (SSSR count). The van der Waals surface area contributed by atoms with Crippen molar-refractivity contribution in [1.82, 2.24) is 4.72 Å². The minimum Gasteiger partial charge on any atom is -0.298 e. The summed E-state index contributed by atoms with van der Waals surface area (Å²) in [6.45, 7) is 6.05. The Morgan fingerprint density at radius 1 is 1.44 bits per heavy atom. The lowest BCUT2D eigenvalue weighted by atomic mass is 9.70. The number of carbonyl (C=O) groups excluding carboxylic acids is 1. The summed E-state index contributed by atoms with van der Waals surface area (Å²) in [5.74, 6) is 0.347. The summed E-state index contributed by atoms with van der Waals surface area (Å²) in [5, 5.41) is 0. The van der Waals surface area contributed by atoms with Crippen LogP contribution in [0.3, 0.4) is 0 Å². The fourth-order valence-corrected chi connectivity index (χ4v) is 6.97. The molecular weight excluding hydrogens is 318 g/mol. The lowest BCUT2D eigenvalue weighted by Gasteiger charge is -2.36. The van der Waals surface area contributed by atoms with E-state index in [1.54, 1.807) is 6.92 Å². The molecular formula is C12H20BrNO3S. The summed E-state index contributed by atoms with van der Waals surface area (Å²) in [5.41, 5.74) is -0.965. The van der Waals surface area contributed by atoms with Gasteiger partial charge in [0.2, 0.25) is 10.0 Å². The molecule has 2 bridgehead atoms. The quantitative estimate of drug-likeness (QED) is 0.794. The molecule has 2 aliphatic carbocycles. The van der Waals surface area contributed by atoms with Crippen molar-refractivity contribution in [2.75, 3.05) is 12.3 Å². The van der Waals surface area contributed by atoms with Crippen LogP contribution in [-0.2, 0) is 14.8 Å². The summed E-state index contributed by atoms with van der Waals surface area (Å²) in [6, 6.07) is 0. The highest BCUT2D eigenvalue weighted by atomic mass is 79.9. The maximum atomic E-state index is 12.3. The zero-order valence-electron chi connectivity index (χ0n) is 11.0. The predicted molar refractivity (Wildman–Crippen MR) is 74.1 cm³/mol. The molecule has 4 atom stereocenters. The third-order valence-electron chi connectivity index (χ3n) is 5.04. The van der Waals surface area contributed by atoms with Gasteiger partial charge in [-0.15, -0.1) is 0 Å². The zero-order valence-corrected chi connectivity index (χ0v) is 13.4. The first-order valence-corrected chi connectivity index (χ1v) is 8.90. The average Bonchev–Trinajstić information content (AvgIpc) is 2.54. The summed E-state index contributed by atoms with van der Waals surface area (Å²) in [6.07, 6.45) is 1.73. The van der Waals surface area contributed by atoms with Gasteiger partial charge in [-0.05, 0) is 24.2 Å². The first-order chi connectivity index (χ1) is 8.18. The minimum atomic E-state index is -3.31. The highest BCUT2D eigenvalue weighted by Gasteiger charge is 2.68. The number of alkyl halides is 1. The molecule has 2 aliphatic rings. The second-order valence-electron chi connectivity index (χ2n) is 5.92. The number of ketones is 1. The van der Waals surface area contributed by atoms with Crippen molar-refractivity contribution in [3.8, 4) is 0 Å². The summed E-state index contributed by atoms with van der Waals surface area (Å²) in [7, 11) is -3.31. The van der Waals surface area contributed by atoms with Crippen LogP contribution in [0.5, 0.6) is 0 Å². The van der Waals surface area contributed by atoms with Gasteiger partial charge in [0.1, 0.15) is 0 Å². The van der Waals surface area contributed by atoms with Gasteiger partial charge in [-0.1, -0.05) is 36.7 Å². The van der Waals surface area contributed by atoms with Crippen molar-refractivity contribution in [3.05, 3.63) is 0 Å². The van der Waals surface area contributed by atoms with E-state index in [1.807, 2.05) is 13.8 Å². The van der Waals surface area contributed by atoms with Crippen LogP contribution in [-0.4, -0.2) is 31.3 Å². The van der Waals surface area contributed by atoms with Gasteiger partial charge in [-0.2, -0.15) is 0 Å². The highest BCUT2D eigenvalue weighted by molar-refractivity contribution is 9.10. The van der Waals surface area contributed by atoms with Crippen molar-refractivity contribution >= 4 is 31.7 Å². The lowest BCUT2D eigenvalue weighted by molar-refractivity contribution is -0.127. The molecule has 0 aliphatic heterocycles. The second kappa shape index (κ2) is 4.28. The van der Waals surface area contributed by atoms with Crippen LogP contribution in [0.2, 0.25) is 0 Å². The lowest BCUT2D eigenvalue weighted by Crippen LogP contribution is -2.43. The van der Waals surface area contributed by atoms with E-state index in [0.29, 0.717) is 6.54 Å². The number of Topliss-reactive ketones (excluding diaryl/α,β-unsaturated/α-hetero) is 1. The number of sulfonamides is 1. The molecule has 18 heavy (non-hydrogen) atoms. The molecule has 4 nitrogen and oxygen atoms in total. The van der Waals surface area contributed by atoms with E-state index in [1.165, 1.54) is 0 Å². The highest BCUT2D eigenvalue weighted by Crippen LogP contribution is 2.65. The zero-order chi connectivity index (χ0) is 13.8. The Morgan fingerprint density at radius 3 is 2.50 bits per heavy atom. The van der Waals surface area contributed by atoms with E-state index in [9.17, 15) is 13.2 Å². The molecule has 0 saturated heterocycles. The Hall–Kier alpha value is 0.0600. The van der Waals surface area contributed by atoms with Crippen molar-refractivity contribution in [1.29, 1.82) is 0 Å². The Kier molecular flexibility index (Phi) is 3.44. The van der Waals surface area contributed by atoms with Crippen molar-refractivity contribution in [2.24, 2.45) is 16.7 Å². The molecule has 0 amide bonds.